The molecule has 32 heavy (non-hydrogen) atoms. The number of hydrogen-bond donors (Lipinski definition) is 2. The molecule has 0 saturated carbocycles. The number of aromatic carboxylic acids is 1. The predicted octanol–water partition coefficient (Wildman–Crippen LogP) is 3.97. The van der Waals surface area contributed by atoms with Crippen LogP contribution in [0.3, 0.4) is 0 Å². The van der Waals surface area contributed by atoms with Crippen molar-refractivity contribution < 1.29 is 19.5 Å². The number of halogens is 1. The number of aromatic nitrogens is 1. The molecule has 0 atom stereocenters. The van der Waals surface area contributed by atoms with Gasteiger partial charge in [-0.3, -0.25) is 19.8 Å². The SMILES string of the molecule is Cc1ccc(N2C(=O)/C(=C/c3cccn3-c3cccc(C(=O)O)c3)C(=O)NC2=S)cc1Cl. The number of thiocarbonyl (C=S) groups is 1. The van der Waals surface area contributed by atoms with Crippen LogP contribution < -0.4 is 10.2 Å². The summed E-state index contributed by atoms with van der Waals surface area (Å²) in [4.78, 5) is 38.4. The van der Waals surface area contributed by atoms with E-state index >= 15 is 0 Å². The summed E-state index contributed by atoms with van der Waals surface area (Å²) in [6.07, 6.45) is 3.15. The number of carbonyl (C=O) groups excluding carboxylic acids is 2. The molecule has 4 rings (SSSR count). The summed E-state index contributed by atoms with van der Waals surface area (Å²) < 4.78 is 1.68. The Morgan fingerprint density at radius 2 is 1.88 bits per heavy atom. The summed E-state index contributed by atoms with van der Waals surface area (Å²) in [7, 11) is 0. The lowest BCUT2D eigenvalue weighted by Gasteiger charge is -2.29. The smallest absolute Gasteiger partial charge is 0.335 e. The first-order chi connectivity index (χ1) is 15.3. The summed E-state index contributed by atoms with van der Waals surface area (Å²) in [6.45, 7) is 1.84. The number of carbonyl (C=O) groups is 3. The minimum Gasteiger partial charge on any atom is -0.478 e. The maximum atomic E-state index is 13.2. The van der Waals surface area contributed by atoms with Gasteiger partial charge < -0.3 is 9.67 Å². The highest BCUT2D eigenvalue weighted by Crippen LogP contribution is 2.27. The van der Waals surface area contributed by atoms with Crippen LogP contribution in [0.4, 0.5) is 5.69 Å². The number of rotatable bonds is 4. The molecule has 1 aliphatic rings. The van der Waals surface area contributed by atoms with E-state index in [9.17, 15) is 19.5 Å². The van der Waals surface area contributed by atoms with Crippen LogP contribution in [-0.4, -0.2) is 32.6 Å². The summed E-state index contributed by atoms with van der Waals surface area (Å²) >= 11 is 11.4. The van der Waals surface area contributed by atoms with Crippen molar-refractivity contribution in [2.75, 3.05) is 4.90 Å². The van der Waals surface area contributed by atoms with Crippen molar-refractivity contribution >= 4 is 58.5 Å². The maximum Gasteiger partial charge on any atom is 0.335 e. The molecule has 0 unspecified atom stereocenters. The fourth-order valence-electron chi connectivity index (χ4n) is 3.30. The molecule has 3 aromatic rings. The molecule has 0 spiro atoms. The third kappa shape index (κ3) is 3.93. The zero-order valence-electron chi connectivity index (χ0n) is 16.7. The first-order valence-corrected chi connectivity index (χ1v) is 10.2. The summed E-state index contributed by atoms with van der Waals surface area (Å²) in [6, 6.07) is 14.8. The third-order valence-corrected chi connectivity index (χ3v) is 5.65. The van der Waals surface area contributed by atoms with E-state index in [0.717, 1.165) is 5.56 Å². The Morgan fingerprint density at radius 1 is 1.09 bits per heavy atom. The Kier molecular flexibility index (Phi) is 5.65. The van der Waals surface area contributed by atoms with Gasteiger partial charge in [-0.15, -0.1) is 0 Å². The molecule has 1 saturated heterocycles. The second-order valence-corrected chi connectivity index (χ2v) is 7.84. The zero-order chi connectivity index (χ0) is 23.0. The minimum absolute atomic E-state index is 0.0402. The number of nitrogens with zero attached hydrogens (tertiary/aromatic N) is 2. The van der Waals surface area contributed by atoms with Crippen molar-refractivity contribution in [3.05, 3.63) is 88.2 Å². The highest BCUT2D eigenvalue weighted by atomic mass is 35.5. The van der Waals surface area contributed by atoms with Crippen molar-refractivity contribution in [1.29, 1.82) is 0 Å². The third-order valence-electron chi connectivity index (χ3n) is 4.96. The van der Waals surface area contributed by atoms with Gasteiger partial charge in [0.25, 0.3) is 11.8 Å². The second kappa shape index (κ2) is 8.41. The Bertz CT molecular complexity index is 1330. The molecule has 7 nitrogen and oxygen atoms in total. The Balaban J connectivity index is 1.75. The number of aryl methyl sites for hydroxylation is 1. The molecule has 2 heterocycles. The van der Waals surface area contributed by atoms with E-state index in [4.69, 9.17) is 23.8 Å². The molecular formula is C23H16ClN3O4S. The summed E-state index contributed by atoms with van der Waals surface area (Å²) in [5.41, 5.74) is 2.36. The lowest BCUT2D eigenvalue weighted by atomic mass is 10.1. The van der Waals surface area contributed by atoms with Gasteiger partial charge in [0.05, 0.1) is 11.3 Å². The van der Waals surface area contributed by atoms with Gasteiger partial charge in [0.15, 0.2) is 5.11 Å². The van der Waals surface area contributed by atoms with Crippen LogP contribution in [0.25, 0.3) is 11.8 Å². The number of anilines is 1. The average Bonchev–Trinajstić information content (AvgIpc) is 3.22. The molecule has 1 aliphatic heterocycles. The van der Waals surface area contributed by atoms with Crippen LogP contribution in [0.15, 0.2) is 66.4 Å². The molecular weight excluding hydrogens is 450 g/mol. The van der Waals surface area contributed by atoms with Crippen molar-refractivity contribution in [3.63, 3.8) is 0 Å². The summed E-state index contributed by atoms with van der Waals surface area (Å²) in [5, 5.41) is 12.2. The lowest BCUT2D eigenvalue weighted by molar-refractivity contribution is -0.122. The van der Waals surface area contributed by atoms with Gasteiger partial charge in [-0.1, -0.05) is 23.7 Å². The second-order valence-electron chi connectivity index (χ2n) is 7.05. The molecule has 2 N–H and O–H groups in total. The first-order valence-electron chi connectivity index (χ1n) is 9.45. The van der Waals surface area contributed by atoms with E-state index in [-0.39, 0.29) is 16.2 Å². The molecule has 0 aliphatic carbocycles. The van der Waals surface area contributed by atoms with E-state index in [1.807, 2.05) is 6.92 Å². The van der Waals surface area contributed by atoms with Crippen LogP contribution in [0.5, 0.6) is 0 Å². The molecule has 9 heteroatoms. The van der Waals surface area contributed by atoms with E-state index < -0.39 is 17.8 Å². The quantitative estimate of drug-likeness (QED) is 0.345. The van der Waals surface area contributed by atoms with Crippen LogP contribution >= 0.6 is 23.8 Å². The van der Waals surface area contributed by atoms with E-state index in [1.165, 1.54) is 23.1 Å². The fourth-order valence-corrected chi connectivity index (χ4v) is 3.75. The number of carboxylic acid groups (broad SMARTS) is 1. The number of benzene rings is 2. The highest BCUT2D eigenvalue weighted by Gasteiger charge is 2.34. The van der Waals surface area contributed by atoms with Gasteiger partial charge in [-0.05, 0) is 73.2 Å². The predicted molar refractivity (Wildman–Crippen MR) is 125 cm³/mol. The normalized spacial score (nSPS) is 15.2. The number of carboxylic acids is 1. The van der Waals surface area contributed by atoms with Crippen LogP contribution in [-0.2, 0) is 9.59 Å². The molecule has 160 valence electrons. The van der Waals surface area contributed by atoms with E-state index in [2.05, 4.69) is 5.32 Å². The summed E-state index contributed by atoms with van der Waals surface area (Å²) in [5.74, 6) is -2.27. The van der Waals surface area contributed by atoms with Crippen LogP contribution in [0.2, 0.25) is 5.02 Å². The van der Waals surface area contributed by atoms with Gasteiger partial charge in [0.1, 0.15) is 5.57 Å². The molecule has 1 fully saturated rings. The average molecular weight is 466 g/mol. The molecule has 1 aromatic heterocycles. The number of nitrogens with one attached hydrogen (secondary N) is 1. The van der Waals surface area contributed by atoms with Gasteiger partial charge in [0.2, 0.25) is 0 Å². The van der Waals surface area contributed by atoms with Crippen LogP contribution in [0, 0.1) is 6.92 Å². The lowest BCUT2D eigenvalue weighted by Crippen LogP contribution is -2.54. The molecule has 2 amide bonds. The fraction of sp³-hybridized carbons (Fsp3) is 0.0435. The van der Waals surface area contributed by atoms with Crippen LogP contribution in [0.1, 0.15) is 21.6 Å². The largest absolute Gasteiger partial charge is 0.478 e. The molecule has 0 bridgehead atoms. The molecule has 2 aromatic carbocycles. The topological polar surface area (TPSA) is 91.6 Å². The minimum atomic E-state index is -1.05. The van der Waals surface area contributed by atoms with E-state index in [0.29, 0.717) is 22.1 Å². The van der Waals surface area contributed by atoms with Crippen molar-refractivity contribution in [2.45, 2.75) is 6.92 Å². The highest BCUT2D eigenvalue weighted by molar-refractivity contribution is 7.80. The zero-order valence-corrected chi connectivity index (χ0v) is 18.3. The van der Waals surface area contributed by atoms with Gasteiger partial charge in [0, 0.05) is 22.6 Å². The van der Waals surface area contributed by atoms with E-state index in [1.54, 1.807) is 53.2 Å². The van der Waals surface area contributed by atoms with Crippen molar-refractivity contribution in [3.8, 4) is 5.69 Å². The van der Waals surface area contributed by atoms with Crippen molar-refractivity contribution in [1.82, 2.24) is 9.88 Å². The van der Waals surface area contributed by atoms with Gasteiger partial charge in [-0.25, -0.2) is 4.79 Å². The van der Waals surface area contributed by atoms with Gasteiger partial charge >= 0.3 is 5.97 Å². The van der Waals surface area contributed by atoms with Gasteiger partial charge in [-0.2, -0.15) is 0 Å². The monoisotopic (exact) mass is 465 g/mol. The Labute approximate surface area is 193 Å². The standard InChI is InChI=1S/C23H16ClN3O4S/c1-13-7-8-17(12-19(13)24)27-21(29)18(20(28)25-23(27)32)11-16-6-3-9-26(16)15-5-2-4-14(10-15)22(30)31/h2-12H,1H3,(H,30,31)(H,25,28,32)/b18-11+. The Morgan fingerprint density at radius 3 is 2.59 bits per heavy atom. The van der Waals surface area contributed by atoms with Crippen molar-refractivity contribution in [2.24, 2.45) is 0 Å². The first kappa shape index (κ1) is 21.5. The molecule has 0 radical (unpaired) electrons. The Hall–Kier alpha value is -3.75. The number of amides is 2. The number of hydrogen-bond acceptors (Lipinski definition) is 4. The maximum absolute atomic E-state index is 13.2.